The van der Waals surface area contributed by atoms with Gasteiger partial charge in [-0.1, -0.05) is 48.0 Å². The van der Waals surface area contributed by atoms with Crippen LogP contribution >= 0.6 is 0 Å². The molecule has 2 N–H and O–H groups in total. The third kappa shape index (κ3) is 3.36. The van der Waals surface area contributed by atoms with Crippen LogP contribution in [-0.2, 0) is 6.54 Å². The monoisotopic (exact) mass is 255 g/mol. The van der Waals surface area contributed by atoms with Crippen LogP contribution in [0.2, 0.25) is 0 Å². The summed E-state index contributed by atoms with van der Waals surface area (Å²) in [5, 5.41) is 13.5. The third-order valence-corrected chi connectivity index (χ3v) is 3.43. The number of aromatic hydroxyl groups is 1. The molecule has 0 radical (unpaired) electrons. The summed E-state index contributed by atoms with van der Waals surface area (Å²) in [5.74, 6) is 0.395. The molecule has 19 heavy (non-hydrogen) atoms. The highest BCUT2D eigenvalue weighted by Gasteiger charge is 2.11. The second-order valence-corrected chi connectivity index (χ2v) is 5.10. The molecule has 0 fully saturated rings. The number of hydrogen-bond donors (Lipinski definition) is 2. The Morgan fingerprint density at radius 1 is 1.11 bits per heavy atom. The number of hydrogen-bond acceptors (Lipinski definition) is 2. The van der Waals surface area contributed by atoms with E-state index in [0.29, 0.717) is 5.75 Å². The van der Waals surface area contributed by atoms with Gasteiger partial charge in [0.05, 0.1) is 0 Å². The van der Waals surface area contributed by atoms with Crippen molar-refractivity contribution in [1.82, 2.24) is 5.32 Å². The second-order valence-electron chi connectivity index (χ2n) is 5.10. The van der Waals surface area contributed by atoms with Crippen molar-refractivity contribution in [2.24, 2.45) is 0 Å². The quantitative estimate of drug-likeness (QED) is 0.869. The van der Waals surface area contributed by atoms with Crippen molar-refractivity contribution in [2.45, 2.75) is 33.4 Å². The maximum atomic E-state index is 10.1. The van der Waals surface area contributed by atoms with Gasteiger partial charge in [-0.3, -0.25) is 0 Å². The lowest BCUT2D eigenvalue weighted by atomic mass is 10.0. The van der Waals surface area contributed by atoms with Gasteiger partial charge in [-0.05, 0) is 31.9 Å². The van der Waals surface area contributed by atoms with Gasteiger partial charge in [-0.25, -0.2) is 0 Å². The van der Waals surface area contributed by atoms with Crippen LogP contribution in [0.1, 0.15) is 35.2 Å². The first-order valence-electron chi connectivity index (χ1n) is 6.65. The Morgan fingerprint density at radius 3 is 2.58 bits per heavy atom. The van der Waals surface area contributed by atoms with Gasteiger partial charge in [0.15, 0.2) is 0 Å². The molecule has 0 amide bonds. The zero-order valence-electron chi connectivity index (χ0n) is 11.8. The van der Waals surface area contributed by atoms with Gasteiger partial charge in [0.1, 0.15) is 5.75 Å². The minimum Gasteiger partial charge on any atom is -0.507 e. The molecule has 2 aromatic rings. The molecule has 0 aliphatic heterocycles. The molecular weight excluding hydrogens is 234 g/mol. The molecule has 0 aliphatic rings. The molecule has 100 valence electrons. The lowest BCUT2D eigenvalue weighted by molar-refractivity contribution is 0.448. The van der Waals surface area contributed by atoms with Crippen molar-refractivity contribution in [1.29, 1.82) is 0 Å². The number of benzene rings is 2. The number of rotatable bonds is 4. The molecule has 0 aromatic heterocycles. The number of phenols is 1. The molecule has 2 heteroatoms. The first-order chi connectivity index (χ1) is 9.08. The maximum Gasteiger partial charge on any atom is 0.123 e. The van der Waals surface area contributed by atoms with Gasteiger partial charge in [0.2, 0.25) is 0 Å². The largest absolute Gasteiger partial charge is 0.507 e. The lowest BCUT2D eigenvalue weighted by Gasteiger charge is -2.17. The molecule has 1 atom stereocenters. The second kappa shape index (κ2) is 5.89. The average Bonchev–Trinajstić information content (AvgIpc) is 2.39. The van der Waals surface area contributed by atoms with Crippen LogP contribution in [0.4, 0.5) is 0 Å². The van der Waals surface area contributed by atoms with E-state index in [4.69, 9.17) is 0 Å². The van der Waals surface area contributed by atoms with E-state index in [1.807, 2.05) is 25.1 Å². The Balaban J connectivity index is 2.05. The van der Waals surface area contributed by atoms with Crippen molar-refractivity contribution in [2.75, 3.05) is 0 Å². The summed E-state index contributed by atoms with van der Waals surface area (Å²) in [5.41, 5.74) is 4.40. The fourth-order valence-corrected chi connectivity index (χ4v) is 2.23. The van der Waals surface area contributed by atoms with Gasteiger partial charge in [0.25, 0.3) is 0 Å². The SMILES string of the molecule is Cc1cccc(CNC(C)c2cccc(C)c2O)c1. The van der Waals surface area contributed by atoms with Crippen molar-refractivity contribution in [3.8, 4) is 5.75 Å². The summed E-state index contributed by atoms with van der Waals surface area (Å²) in [4.78, 5) is 0. The zero-order chi connectivity index (χ0) is 13.8. The highest BCUT2D eigenvalue weighted by Crippen LogP contribution is 2.27. The van der Waals surface area contributed by atoms with E-state index in [-0.39, 0.29) is 6.04 Å². The Bertz CT molecular complexity index is 563. The van der Waals surface area contributed by atoms with Crippen LogP contribution in [0.3, 0.4) is 0 Å². The molecule has 2 nitrogen and oxygen atoms in total. The molecule has 0 saturated heterocycles. The van der Waals surface area contributed by atoms with Crippen LogP contribution in [0.25, 0.3) is 0 Å². The van der Waals surface area contributed by atoms with Crippen molar-refractivity contribution >= 4 is 0 Å². The van der Waals surface area contributed by atoms with Gasteiger partial charge >= 0.3 is 0 Å². The van der Waals surface area contributed by atoms with E-state index in [1.54, 1.807) is 0 Å². The summed E-state index contributed by atoms with van der Waals surface area (Å²) in [6.07, 6.45) is 0. The molecule has 1 unspecified atom stereocenters. The molecule has 2 aromatic carbocycles. The summed E-state index contributed by atoms with van der Waals surface area (Å²) in [6.45, 7) is 6.89. The van der Waals surface area contributed by atoms with Gasteiger partial charge < -0.3 is 10.4 Å². The van der Waals surface area contributed by atoms with Crippen LogP contribution < -0.4 is 5.32 Å². The van der Waals surface area contributed by atoms with Crippen molar-refractivity contribution in [3.05, 3.63) is 64.7 Å². The number of phenolic OH excluding ortho intramolecular Hbond substituents is 1. The zero-order valence-corrected chi connectivity index (χ0v) is 11.8. The number of para-hydroxylation sites is 1. The lowest BCUT2D eigenvalue weighted by Crippen LogP contribution is -2.18. The van der Waals surface area contributed by atoms with Gasteiger partial charge in [-0.2, -0.15) is 0 Å². The third-order valence-electron chi connectivity index (χ3n) is 3.43. The average molecular weight is 255 g/mol. The Hall–Kier alpha value is -1.80. The summed E-state index contributed by atoms with van der Waals surface area (Å²) < 4.78 is 0. The smallest absolute Gasteiger partial charge is 0.123 e. The fraction of sp³-hybridized carbons (Fsp3) is 0.294. The fourth-order valence-electron chi connectivity index (χ4n) is 2.23. The molecular formula is C17H21NO. The summed E-state index contributed by atoms with van der Waals surface area (Å²) >= 11 is 0. The topological polar surface area (TPSA) is 32.3 Å². The minimum absolute atomic E-state index is 0.125. The van der Waals surface area contributed by atoms with Gasteiger partial charge in [0, 0.05) is 18.2 Å². The first kappa shape index (κ1) is 13.6. The van der Waals surface area contributed by atoms with E-state index >= 15 is 0 Å². The predicted molar refractivity (Wildman–Crippen MR) is 79.3 cm³/mol. The number of nitrogens with one attached hydrogen (secondary N) is 1. The van der Waals surface area contributed by atoms with E-state index in [0.717, 1.165) is 17.7 Å². The standard InChI is InChI=1S/C17H21NO/c1-12-6-4-8-15(10-12)11-18-14(3)16-9-5-7-13(2)17(16)19/h4-10,14,18-19H,11H2,1-3H3. The van der Waals surface area contributed by atoms with Crippen molar-refractivity contribution in [3.63, 3.8) is 0 Å². The van der Waals surface area contributed by atoms with E-state index < -0.39 is 0 Å². The molecule has 0 bridgehead atoms. The van der Waals surface area contributed by atoms with Crippen LogP contribution in [-0.4, -0.2) is 5.11 Å². The Kier molecular flexibility index (Phi) is 4.23. The molecule has 0 heterocycles. The first-order valence-corrected chi connectivity index (χ1v) is 6.65. The highest BCUT2D eigenvalue weighted by atomic mass is 16.3. The Labute approximate surface area is 115 Å². The summed E-state index contributed by atoms with van der Waals surface area (Å²) in [6, 6.07) is 14.5. The molecule has 0 aliphatic carbocycles. The van der Waals surface area contributed by atoms with E-state index in [1.165, 1.54) is 11.1 Å². The van der Waals surface area contributed by atoms with Crippen LogP contribution in [0, 0.1) is 13.8 Å². The predicted octanol–water partition coefficient (Wildman–Crippen LogP) is 3.86. The Morgan fingerprint density at radius 2 is 1.84 bits per heavy atom. The normalized spacial score (nSPS) is 12.4. The molecule has 0 spiro atoms. The maximum absolute atomic E-state index is 10.1. The van der Waals surface area contributed by atoms with E-state index in [2.05, 4.69) is 43.4 Å². The van der Waals surface area contributed by atoms with Crippen LogP contribution in [0.5, 0.6) is 5.75 Å². The molecule has 2 rings (SSSR count). The number of aryl methyl sites for hydroxylation is 2. The van der Waals surface area contributed by atoms with E-state index in [9.17, 15) is 5.11 Å². The van der Waals surface area contributed by atoms with Crippen LogP contribution in [0.15, 0.2) is 42.5 Å². The highest BCUT2D eigenvalue weighted by molar-refractivity contribution is 5.41. The minimum atomic E-state index is 0.125. The summed E-state index contributed by atoms with van der Waals surface area (Å²) in [7, 11) is 0. The van der Waals surface area contributed by atoms with Crippen molar-refractivity contribution < 1.29 is 5.11 Å². The van der Waals surface area contributed by atoms with Gasteiger partial charge in [-0.15, -0.1) is 0 Å². The molecule has 0 saturated carbocycles.